The van der Waals surface area contributed by atoms with Gasteiger partial charge in [-0.05, 0) is 30.7 Å². The van der Waals surface area contributed by atoms with Gasteiger partial charge in [0.15, 0.2) is 0 Å². The van der Waals surface area contributed by atoms with Crippen LogP contribution < -0.4 is 5.32 Å². The first-order valence-corrected chi connectivity index (χ1v) is 7.64. The van der Waals surface area contributed by atoms with Gasteiger partial charge in [-0.15, -0.1) is 0 Å². The zero-order valence-corrected chi connectivity index (χ0v) is 13.6. The summed E-state index contributed by atoms with van der Waals surface area (Å²) >= 11 is 0. The number of carbonyl (C=O) groups excluding carboxylic acids is 1. The van der Waals surface area contributed by atoms with Crippen LogP contribution in [0, 0.1) is 17.5 Å². The molecule has 1 atom stereocenters. The fraction of sp³-hybridized carbons (Fsp3) is 0.211. The van der Waals surface area contributed by atoms with E-state index in [1.807, 2.05) is 0 Å². The predicted molar refractivity (Wildman–Crippen MR) is 89.0 cm³/mol. The number of aliphatic hydroxyl groups is 1. The highest BCUT2D eigenvalue weighted by atomic mass is 19.1. The number of hydrogen-bond acceptors (Lipinski definition) is 2. The van der Waals surface area contributed by atoms with Crippen LogP contribution in [-0.2, 0) is 10.4 Å². The first-order chi connectivity index (χ1) is 11.8. The number of nitrogens with one attached hydrogen (secondary N) is 1. The molecule has 0 radical (unpaired) electrons. The van der Waals surface area contributed by atoms with Crippen molar-refractivity contribution in [1.82, 2.24) is 5.32 Å². The van der Waals surface area contributed by atoms with E-state index in [0.717, 1.165) is 12.1 Å². The summed E-state index contributed by atoms with van der Waals surface area (Å²) in [5.41, 5.74) is -1.17. The van der Waals surface area contributed by atoms with Crippen LogP contribution in [0.1, 0.15) is 24.5 Å². The molecule has 25 heavy (non-hydrogen) atoms. The Morgan fingerprint density at radius 2 is 1.88 bits per heavy atom. The summed E-state index contributed by atoms with van der Waals surface area (Å²) in [6.45, 7) is 1.09. The Bertz CT molecular complexity index is 788. The van der Waals surface area contributed by atoms with Crippen molar-refractivity contribution >= 4 is 12.0 Å². The highest BCUT2D eigenvalue weighted by Gasteiger charge is 2.27. The third-order valence-corrected chi connectivity index (χ3v) is 3.60. The summed E-state index contributed by atoms with van der Waals surface area (Å²) in [5, 5.41) is 12.8. The summed E-state index contributed by atoms with van der Waals surface area (Å²) in [6, 6.07) is 8.75. The predicted octanol–water partition coefficient (Wildman–Crippen LogP) is 3.53. The molecular formula is C19H18F3NO2. The molecule has 1 unspecified atom stereocenters. The molecular weight excluding hydrogens is 331 g/mol. The lowest BCUT2D eigenvalue weighted by Gasteiger charge is -2.24. The van der Waals surface area contributed by atoms with Gasteiger partial charge in [-0.2, -0.15) is 0 Å². The molecule has 1 amide bonds. The lowest BCUT2D eigenvalue weighted by atomic mass is 9.95. The van der Waals surface area contributed by atoms with Crippen molar-refractivity contribution in [2.24, 2.45) is 0 Å². The second kappa shape index (κ2) is 7.98. The van der Waals surface area contributed by atoms with Crippen LogP contribution in [0.15, 0.2) is 48.5 Å². The molecule has 0 aliphatic heterocycles. The second-order valence-corrected chi connectivity index (χ2v) is 5.84. The second-order valence-electron chi connectivity index (χ2n) is 5.84. The Hall–Kier alpha value is -2.60. The fourth-order valence-corrected chi connectivity index (χ4v) is 2.28. The van der Waals surface area contributed by atoms with Crippen LogP contribution >= 0.6 is 0 Å². The monoisotopic (exact) mass is 349 g/mol. The molecule has 0 aromatic heterocycles. The van der Waals surface area contributed by atoms with Crippen LogP contribution in [-0.4, -0.2) is 17.6 Å². The molecule has 0 spiro atoms. The minimum absolute atomic E-state index is 0.0124. The van der Waals surface area contributed by atoms with Gasteiger partial charge in [-0.3, -0.25) is 4.79 Å². The van der Waals surface area contributed by atoms with E-state index in [9.17, 15) is 23.1 Å². The highest BCUT2D eigenvalue weighted by molar-refractivity contribution is 5.78. The highest BCUT2D eigenvalue weighted by Crippen LogP contribution is 2.23. The normalized spacial score (nSPS) is 13.6. The number of carbonyl (C=O) groups is 1. The quantitative estimate of drug-likeness (QED) is 0.838. The van der Waals surface area contributed by atoms with Gasteiger partial charge < -0.3 is 10.4 Å². The van der Waals surface area contributed by atoms with E-state index < -0.39 is 23.1 Å². The largest absolute Gasteiger partial charge is 0.383 e. The van der Waals surface area contributed by atoms with E-state index in [2.05, 4.69) is 5.32 Å². The maximum absolute atomic E-state index is 13.7. The molecule has 6 heteroatoms. The van der Waals surface area contributed by atoms with Crippen molar-refractivity contribution in [2.75, 3.05) is 6.54 Å². The lowest BCUT2D eigenvalue weighted by molar-refractivity contribution is -0.121. The van der Waals surface area contributed by atoms with Crippen LogP contribution in [0.2, 0.25) is 0 Å². The van der Waals surface area contributed by atoms with Gasteiger partial charge >= 0.3 is 0 Å². The van der Waals surface area contributed by atoms with Gasteiger partial charge in [0.25, 0.3) is 0 Å². The van der Waals surface area contributed by atoms with Gasteiger partial charge in [0.05, 0.1) is 6.54 Å². The number of hydrogen-bond donors (Lipinski definition) is 2. The minimum Gasteiger partial charge on any atom is -0.383 e. The Balaban J connectivity index is 1.90. The molecule has 2 aromatic rings. The Labute approximate surface area is 143 Å². The molecule has 3 nitrogen and oxygen atoms in total. The van der Waals surface area contributed by atoms with Crippen molar-refractivity contribution in [1.29, 1.82) is 0 Å². The number of halogens is 3. The zero-order chi connectivity index (χ0) is 18.4. The van der Waals surface area contributed by atoms with Gasteiger partial charge in [0.2, 0.25) is 5.91 Å². The average molecular weight is 349 g/mol. The van der Waals surface area contributed by atoms with Crippen LogP contribution in [0.3, 0.4) is 0 Å². The van der Waals surface area contributed by atoms with Gasteiger partial charge in [-0.1, -0.05) is 30.4 Å². The van der Waals surface area contributed by atoms with E-state index >= 15 is 0 Å². The van der Waals surface area contributed by atoms with Crippen molar-refractivity contribution in [3.05, 3.63) is 77.1 Å². The Morgan fingerprint density at radius 3 is 2.56 bits per heavy atom. The fourth-order valence-electron chi connectivity index (χ4n) is 2.28. The minimum atomic E-state index is -1.68. The van der Waals surface area contributed by atoms with Crippen molar-refractivity contribution in [3.63, 3.8) is 0 Å². The maximum atomic E-state index is 13.7. The van der Waals surface area contributed by atoms with E-state index in [-0.39, 0.29) is 24.3 Å². The third kappa shape index (κ3) is 5.46. The molecule has 2 N–H and O–H groups in total. The Kier molecular flexibility index (Phi) is 5.98. The first kappa shape index (κ1) is 18.7. The van der Waals surface area contributed by atoms with E-state index in [4.69, 9.17) is 0 Å². The number of amides is 1. The molecule has 0 heterocycles. The van der Waals surface area contributed by atoms with Crippen molar-refractivity contribution < 1.29 is 23.1 Å². The Morgan fingerprint density at radius 1 is 1.16 bits per heavy atom. The molecule has 0 saturated carbocycles. The summed E-state index contributed by atoms with van der Waals surface area (Å²) in [7, 11) is 0. The summed E-state index contributed by atoms with van der Waals surface area (Å²) in [4.78, 5) is 11.8. The lowest BCUT2D eigenvalue weighted by Crippen LogP contribution is -2.39. The van der Waals surface area contributed by atoms with Crippen LogP contribution in [0.4, 0.5) is 13.2 Å². The standard InChI is InChI=1S/C19H18F3NO2/c1-19(25,16-9-8-15(21)11-17(16)22)12-23-18(24)7-3-5-13-4-2-6-14(20)10-13/h2-6,8-11,25H,7,12H2,1H3,(H,23,24). The number of benzene rings is 2. The molecule has 0 fully saturated rings. The van der Waals surface area contributed by atoms with Crippen LogP contribution in [0.25, 0.3) is 6.08 Å². The first-order valence-electron chi connectivity index (χ1n) is 7.64. The molecule has 0 aliphatic rings. The smallest absolute Gasteiger partial charge is 0.223 e. The summed E-state index contributed by atoms with van der Waals surface area (Å²) in [5.74, 6) is -2.40. The van der Waals surface area contributed by atoms with Crippen molar-refractivity contribution in [2.45, 2.75) is 18.9 Å². The molecule has 2 aromatic carbocycles. The zero-order valence-electron chi connectivity index (χ0n) is 13.6. The van der Waals surface area contributed by atoms with E-state index in [1.165, 1.54) is 19.1 Å². The topological polar surface area (TPSA) is 49.3 Å². The van der Waals surface area contributed by atoms with E-state index in [0.29, 0.717) is 11.6 Å². The molecule has 0 bridgehead atoms. The number of rotatable bonds is 6. The van der Waals surface area contributed by atoms with Gasteiger partial charge in [0, 0.05) is 18.1 Å². The van der Waals surface area contributed by atoms with Crippen LogP contribution in [0.5, 0.6) is 0 Å². The molecule has 0 aliphatic carbocycles. The molecule has 0 saturated heterocycles. The van der Waals surface area contributed by atoms with Gasteiger partial charge in [-0.25, -0.2) is 13.2 Å². The maximum Gasteiger partial charge on any atom is 0.223 e. The average Bonchev–Trinajstić information content (AvgIpc) is 2.53. The summed E-state index contributed by atoms with van der Waals surface area (Å²) in [6.07, 6.45) is 3.16. The van der Waals surface area contributed by atoms with E-state index in [1.54, 1.807) is 24.3 Å². The molecule has 132 valence electrons. The van der Waals surface area contributed by atoms with Gasteiger partial charge in [0.1, 0.15) is 23.1 Å². The molecule has 2 rings (SSSR count). The summed E-state index contributed by atoms with van der Waals surface area (Å²) < 4.78 is 39.7. The van der Waals surface area contributed by atoms with Crippen molar-refractivity contribution in [3.8, 4) is 0 Å². The third-order valence-electron chi connectivity index (χ3n) is 3.60. The SMILES string of the molecule is CC(O)(CNC(=O)CC=Cc1cccc(F)c1)c1ccc(F)cc1F.